The molecule has 5 heteroatoms. The number of benzene rings is 1. The van der Waals surface area contributed by atoms with Crippen LogP contribution in [0.15, 0.2) is 42.5 Å². The van der Waals surface area contributed by atoms with Gasteiger partial charge in [0.2, 0.25) is 0 Å². The van der Waals surface area contributed by atoms with Crippen LogP contribution in [0, 0.1) is 0 Å². The Kier molecular flexibility index (Phi) is 4.22. The molecule has 2 aromatic rings. The first-order chi connectivity index (χ1) is 9.38. The monoisotopic (exact) mass is 330 g/mol. The number of hydrogen-bond acceptors (Lipinski definition) is 0. The van der Waals surface area contributed by atoms with Gasteiger partial charge in [-0.25, -0.2) is 0 Å². The molecule has 0 spiro atoms. The summed E-state index contributed by atoms with van der Waals surface area (Å²) in [5.41, 5.74) is -2.57. The lowest BCUT2D eigenvalue weighted by Crippen LogP contribution is -3.00. The van der Waals surface area contributed by atoms with Crippen molar-refractivity contribution in [1.82, 2.24) is 0 Å². The minimum absolute atomic E-state index is 0. The van der Waals surface area contributed by atoms with Gasteiger partial charge in [-0.2, -0.15) is 0 Å². The molecular weight excluding hydrogens is 317 g/mol. The van der Waals surface area contributed by atoms with Gasteiger partial charge in [-0.05, 0) is 29.7 Å². The number of thiophene rings is 1. The number of rotatable bonds is 2. The molecule has 1 unspecified atom stereocenters. The molecule has 1 aliphatic rings. The maximum atomic E-state index is 13.5. The van der Waals surface area contributed by atoms with Crippen LogP contribution in [0.4, 0.5) is 13.2 Å². The van der Waals surface area contributed by atoms with E-state index in [1.54, 1.807) is 30.4 Å². The molecule has 1 aliphatic carbocycles. The molecule has 0 fully saturated rings. The average molecular weight is 331 g/mol. The van der Waals surface area contributed by atoms with E-state index in [2.05, 4.69) is 0 Å². The number of alkyl halides is 3. The van der Waals surface area contributed by atoms with Crippen LogP contribution in [0.5, 0.6) is 0 Å². The lowest BCUT2D eigenvalue weighted by Gasteiger charge is -2.05. The minimum atomic E-state index is -4.23. The summed E-state index contributed by atoms with van der Waals surface area (Å²) in [5.74, 6) is 0.228. The number of hydrogen-bond donors (Lipinski definition) is 0. The molecule has 1 aromatic heterocycles. The van der Waals surface area contributed by atoms with Gasteiger partial charge in [0.05, 0.1) is 0 Å². The van der Waals surface area contributed by atoms with Crippen molar-refractivity contribution >= 4 is 26.1 Å². The van der Waals surface area contributed by atoms with E-state index in [4.69, 9.17) is 0 Å². The van der Waals surface area contributed by atoms with E-state index in [9.17, 15) is 13.2 Å². The van der Waals surface area contributed by atoms with Crippen molar-refractivity contribution in [2.75, 3.05) is 0 Å². The van der Waals surface area contributed by atoms with E-state index >= 15 is 0 Å². The van der Waals surface area contributed by atoms with Gasteiger partial charge in [0.25, 0.3) is 0 Å². The highest BCUT2D eigenvalue weighted by atomic mass is 35.5. The summed E-state index contributed by atoms with van der Waals surface area (Å²) in [6.45, 7) is 3.99. The molecule has 3 rings (SSSR count). The van der Waals surface area contributed by atoms with E-state index in [0.29, 0.717) is 20.5 Å². The quantitative estimate of drug-likeness (QED) is 0.742. The molecule has 21 heavy (non-hydrogen) atoms. The second kappa shape index (κ2) is 5.50. The molecule has 0 saturated carbocycles. The van der Waals surface area contributed by atoms with Gasteiger partial charge in [0, 0.05) is 23.1 Å². The molecule has 0 bridgehead atoms. The molecule has 1 heterocycles. The lowest BCUT2D eigenvalue weighted by atomic mass is 10.0. The Balaban J connectivity index is 0.00000161. The predicted octanol–water partition coefficient (Wildman–Crippen LogP) is 3.15. The van der Waals surface area contributed by atoms with E-state index in [0.717, 1.165) is 5.56 Å². The van der Waals surface area contributed by atoms with Crippen molar-refractivity contribution in [1.29, 1.82) is 0 Å². The second-order valence-electron chi connectivity index (χ2n) is 5.19. The molecule has 112 valence electrons. The Morgan fingerprint density at radius 1 is 1.10 bits per heavy atom. The van der Waals surface area contributed by atoms with Gasteiger partial charge in [0.15, 0.2) is 9.58 Å². The molecule has 0 radical (unpaired) electrons. The predicted molar refractivity (Wildman–Crippen MR) is 78.9 cm³/mol. The van der Waals surface area contributed by atoms with Crippen molar-refractivity contribution in [2.24, 2.45) is 0 Å². The second-order valence-corrected chi connectivity index (χ2v) is 7.15. The van der Waals surface area contributed by atoms with Gasteiger partial charge in [-0.1, -0.05) is 26.0 Å². The highest BCUT2D eigenvalue weighted by Crippen LogP contribution is 2.54. The van der Waals surface area contributed by atoms with E-state index in [1.807, 2.05) is 26.0 Å². The van der Waals surface area contributed by atoms with Crippen LogP contribution in [-0.4, -0.2) is 0 Å². The van der Waals surface area contributed by atoms with Gasteiger partial charge in [-0.15, -0.1) is 13.2 Å². The third-order valence-electron chi connectivity index (χ3n) is 3.50. The highest BCUT2D eigenvalue weighted by molar-refractivity contribution is 7.39. The summed E-state index contributed by atoms with van der Waals surface area (Å²) >= 11 is 0. The number of allylic oxidation sites excluding steroid dienone is 4. The van der Waals surface area contributed by atoms with Crippen molar-refractivity contribution in [3.8, 4) is 0 Å². The zero-order chi connectivity index (χ0) is 14.5. The largest absolute Gasteiger partial charge is 1.00 e. The summed E-state index contributed by atoms with van der Waals surface area (Å²) in [4.78, 5) is 0.399. The fourth-order valence-corrected chi connectivity index (χ4v) is 4.30. The van der Waals surface area contributed by atoms with Gasteiger partial charge < -0.3 is 12.4 Å². The smallest absolute Gasteiger partial charge is 0.601 e. The third-order valence-corrected chi connectivity index (χ3v) is 5.55. The molecule has 0 aliphatic heterocycles. The molecular formula is C16H14ClF3S. The summed E-state index contributed by atoms with van der Waals surface area (Å²) in [5, 5.41) is 0.700. The molecule has 0 amide bonds. The number of fused-ring (bicyclic) bond motifs is 1. The Labute approximate surface area is 130 Å². The van der Waals surface area contributed by atoms with Crippen LogP contribution in [0.25, 0.3) is 15.7 Å². The van der Waals surface area contributed by atoms with E-state index in [1.165, 1.54) is 0 Å². The van der Waals surface area contributed by atoms with Crippen LogP contribution < -0.4 is 12.4 Å². The Bertz CT molecular complexity index is 736. The summed E-state index contributed by atoms with van der Waals surface area (Å²) < 4.78 is 40.8. The van der Waals surface area contributed by atoms with Gasteiger partial charge >= 0.3 is 5.51 Å². The van der Waals surface area contributed by atoms with Crippen molar-refractivity contribution in [3.05, 3.63) is 52.9 Å². The third kappa shape index (κ3) is 2.74. The molecule has 0 saturated heterocycles. The zero-order valence-electron chi connectivity index (χ0n) is 11.5. The Hall–Kier alpha value is -1.26. The van der Waals surface area contributed by atoms with Crippen molar-refractivity contribution < 1.29 is 25.6 Å². The number of halogens is 4. The molecule has 0 N–H and O–H groups in total. The normalized spacial score (nSPS) is 15.0. The molecule has 0 nitrogen and oxygen atoms in total. The minimum Gasteiger partial charge on any atom is -1.00 e. The fraction of sp³-hybridized carbons (Fsp3) is 0.250. The van der Waals surface area contributed by atoms with Crippen LogP contribution in [0.2, 0.25) is 0 Å². The maximum absolute atomic E-state index is 13.5. The molecule has 1 aromatic carbocycles. The van der Waals surface area contributed by atoms with Gasteiger partial charge in [0.1, 0.15) is 10.5 Å². The van der Waals surface area contributed by atoms with Crippen LogP contribution in [0.3, 0.4) is 0 Å². The topological polar surface area (TPSA) is 0 Å². The van der Waals surface area contributed by atoms with Crippen molar-refractivity contribution in [3.63, 3.8) is 0 Å². The van der Waals surface area contributed by atoms with E-state index < -0.39 is 16.0 Å². The highest BCUT2D eigenvalue weighted by Gasteiger charge is 2.48. The van der Waals surface area contributed by atoms with Crippen LogP contribution >= 0.6 is 10.5 Å². The first-order valence-electron chi connectivity index (χ1n) is 6.43. The Morgan fingerprint density at radius 3 is 2.24 bits per heavy atom. The average Bonchev–Trinajstić information content (AvgIpc) is 2.63. The van der Waals surface area contributed by atoms with Gasteiger partial charge in [-0.3, -0.25) is 0 Å². The summed E-state index contributed by atoms with van der Waals surface area (Å²) in [7, 11) is -1.82. The maximum Gasteiger partial charge on any atom is 0.601 e. The SMILES string of the molecule is CC(C)c1ccc2cc(C3=CC=C3)[s+](C(F)(F)F)c2c1.[Cl-]. The van der Waals surface area contributed by atoms with Crippen LogP contribution in [0.1, 0.15) is 30.2 Å². The molecule has 1 atom stereocenters. The van der Waals surface area contributed by atoms with E-state index in [-0.39, 0.29) is 18.3 Å². The summed E-state index contributed by atoms with van der Waals surface area (Å²) in [6.07, 6.45) is 5.26. The fourth-order valence-electron chi connectivity index (χ4n) is 2.33. The standard InChI is InChI=1S/C16H14F3S.ClH/c1-10(2)12-6-7-13-9-14(11-4-3-5-11)20(15(13)8-12)16(17,18)19;/h3-10H,1-2H3;1H/q+1;/p-1. The van der Waals surface area contributed by atoms with Crippen LogP contribution in [-0.2, 0) is 5.51 Å². The Morgan fingerprint density at radius 2 is 1.76 bits per heavy atom. The first-order valence-corrected chi connectivity index (χ1v) is 7.66. The first kappa shape index (κ1) is 16.1. The van der Waals surface area contributed by atoms with Crippen molar-refractivity contribution in [2.45, 2.75) is 25.3 Å². The summed E-state index contributed by atoms with van der Waals surface area (Å²) in [6, 6.07) is 7.15. The lowest BCUT2D eigenvalue weighted by molar-refractivity contribution is -0.0866. The zero-order valence-corrected chi connectivity index (χ0v) is 13.1.